The van der Waals surface area contributed by atoms with Crippen LogP contribution >= 0.6 is 0 Å². The van der Waals surface area contributed by atoms with Gasteiger partial charge in [0.1, 0.15) is 11.5 Å². The van der Waals surface area contributed by atoms with E-state index < -0.39 is 0 Å². The molecule has 2 aromatic carbocycles. The maximum Gasteiger partial charge on any atom is 0.275 e. The van der Waals surface area contributed by atoms with E-state index in [1.54, 1.807) is 12.3 Å². The van der Waals surface area contributed by atoms with Crippen molar-refractivity contribution in [3.63, 3.8) is 0 Å². The first kappa shape index (κ1) is 12.8. The number of aromatic nitrogens is 3. The van der Waals surface area contributed by atoms with Crippen molar-refractivity contribution in [2.24, 2.45) is 0 Å². The number of nitrogens with one attached hydrogen (secondary N) is 1. The summed E-state index contributed by atoms with van der Waals surface area (Å²) in [7, 11) is 0. The first-order valence-corrected chi connectivity index (χ1v) is 6.93. The van der Waals surface area contributed by atoms with Gasteiger partial charge >= 0.3 is 0 Å². The molecule has 0 aromatic heterocycles. The van der Waals surface area contributed by atoms with Crippen molar-refractivity contribution in [3.8, 4) is 11.3 Å². The van der Waals surface area contributed by atoms with E-state index in [-0.39, 0.29) is 11.4 Å². The zero-order valence-corrected chi connectivity index (χ0v) is 11.6. The lowest BCUT2D eigenvalue weighted by atomic mass is 10.1. The third-order valence-electron chi connectivity index (χ3n) is 3.77. The van der Waals surface area contributed by atoms with Crippen molar-refractivity contribution >= 4 is 10.9 Å². The van der Waals surface area contributed by atoms with Gasteiger partial charge in [-0.3, -0.25) is 4.79 Å². The Kier molecular flexibility index (Phi) is 2.79. The third kappa shape index (κ3) is 1.98. The molecule has 22 heavy (non-hydrogen) atoms. The number of hydrogen-bond donors (Lipinski definition) is 1. The fraction of sp³-hybridized carbons (Fsp3) is 0.0588. The molecule has 0 bridgehead atoms. The van der Waals surface area contributed by atoms with Gasteiger partial charge in [0.2, 0.25) is 0 Å². The number of nitrogens with zero attached hydrogens (tertiary/aromatic N) is 2. The van der Waals surface area contributed by atoms with Gasteiger partial charge < -0.3 is 4.57 Å². The van der Waals surface area contributed by atoms with Crippen LogP contribution in [-0.2, 0) is 6.54 Å². The molecule has 2 aromatic rings. The standard InChI is InChI=1S/C17H12FN3O/c18-12-6-7-15-13(8-12)16-14(17(22)20-19-16)10-21(15)9-11-4-2-1-3-5-11/h1-8,10H,9H2,(H,20,22). The van der Waals surface area contributed by atoms with Gasteiger partial charge in [0.25, 0.3) is 5.56 Å². The summed E-state index contributed by atoms with van der Waals surface area (Å²) in [6, 6.07) is 14.5. The van der Waals surface area contributed by atoms with Crippen LogP contribution in [0.15, 0.2) is 59.5 Å². The molecule has 0 amide bonds. The van der Waals surface area contributed by atoms with E-state index in [1.165, 1.54) is 12.1 Å². The minimum Gasteiger partial charge on any atom is -0.342 e. The van der Waals surface area contributed by atoms with Crippen LogP contribution in [0.3, 0.4) is 0 Å². The second kappa shape index (κ2) is 4.80. The molecule has 0 atom stereocenters. The minimum atomic E-state index is -0.346. The van der Waals surface area contributed by atoms with Crippen molar-refractivity contribution in [1.82, 2.24) is 14.8 Å². The molecule has 4 nitrogen and oxygen atoms in total. The summed E-state index contributed by atoms with van der Waals surface area (Å²) in [4.78, 5) is 11.9. The van der Waals surface area contributed by atoms with Crippen molar-refractivity contribution < 1.29 is 4.39 Å². The van der Waals surface area contributed by atoms with E-state index >= 15 is 0 Å². The predicted octanol–water partition coefficient (Wildman–Crippen LogP) is 3.02. The molecule has 4 rings (SSSR count). The Morgan fingerprint density at radius 3 is 2.77 bits per heavy atom. The number of pyridine rings is 1. The molecule has 2 aliphatic heterocycles. The normalized spacial score (nSPS) is 11.3. The molecule has 5 heteroatoms. The summed E-state index contributed by atoms with van der Waals surface area (Å²) in [6.45, 7) is 0.601. The van der Waals surface area contributed by atoms with E-state index in [9.17, 15) is 9.18 Å². The lowest BCUT2D eigenvalue weighted by Gasteiger charge is -2.14. The lowest BCUT2D eigenvalue weighted by molar-refractivity contribution is 0.629. The fourth-order valence-corrected chi connectivity index (χ4v) is 2.74. The highest BCUT2D eigenvalue weighted by Crippen LogP contribution is 2.27. The monoisotopic (exact) mass is 293 g/mol. The van der Waals surface area contributed by atoms with Crippen LogP contribution in [0.5, 0.6) is 0 Å². The van der Waals surface area contributed by atoms with E-state index in [0.717, 1.165) is 11.1 Å². The molecular weight excluding hydrogens is 281 g/mol. The maximum absolute atomic E-state index is 13.6. The van der Waals surface area contributed by atoms with Crippen LogP contribution in [0.4, 0.5) is 4.39 Å². The van der Waals surface area contributed by atoms with Gasteiger partial charge in [0.05, 0.1) is 11.1 Å². The summed E-state index contributed by atoms with van der Waals surface area (Å²) in [5, 5.41) is 7.09. The summed E-state index contributed by atoms with van der Waals surface area (Å²) in [5.74, 6) is -0.346. The molecule has 0 saturated heterocycles. The number of halogens is 1. The molecule has 1 N–H and O–H groups in total. The van der Waals surface area contributed by atoms with Crippen LogP contribution in [0.1, 0.15) is 5.56 Å². The van der Waals surface area contributed by atoms with Gasteiger partial charge in [-0.1, -0.05) is 30.3 Å². The van der Waals surface area contributed by atoms with Crippen molar-refractivity contribution in [1.29, 1.82) is 0 Å². The van der Waals surface area contributed by atoms with Gasteiger partial charge in [-0.05, 0) is 23.8 Å². The van der Waals surface area contributed by atoms with Gasteiger partial charge in [-0.2, -0.15) is 5.10 Å². The third-order valence-corrected chi connectivity index (χ3v) is 3.77. The molecule has 0 unspecified atom stereocenters. The van der Waals surface area contributed by atoms with Crippen LogP contribution < -0.4 is 5.56 Å². The Balaban J connectivity index is 2.01. The Hall–Kier alpha value is -2.95. The van der Waals surface area contributed by atoms with Gasteiger partial charge in [0, 0.05) is 18.1 Å². The average molecular weight is 293 g/mol. The van der Waals surface area contributed by atoms with Gasteiger partial charge in [-0.15, -0.1) is 0 Å². The largest absolute Gasteiger partial charge is 0.342 e. The number of H-pyrrole nitrogens is 1. The lowest BCUT2D eigenvalue weighted by Crippen LogP contribution is -2.08. The Morgan fingerprint density at radius 1 is 1.14 bits per heavy atom. The quantitative estimate of drug-likeness (QED) is 0.617. The summed E-state index contributed by atoms with van der Waals surface area (Å²) >= 11 is 0. The van der Waals surface area contributed by atoms with Crippen LogP contribution in [-0.4, -0.2) is 14.8 Å². The fourth-order valence-electron chi connectivity index (χ4n) is 2.74. The molecule has 108 valence electrons. The minimum absolute atomic E-state index is 0.261. The smallest absolute Gasteiger partial charge is 0.275 e. The topological polar surface area (TPSA) is 50.7 Å². The summed E-state index contributed by atoms with van der Waals surface area (Å²) in [5.41, 5.74) is 2.65. The Labute approximate surface area is 125 Å². The van der Waals surface area contributed by atoms with E-state index in [2.05, 4.69) is 10.2 Å². The molecule has 0 aliphatic carbocycles. The predicted molar refractivity (Wildman–Crippen MR) is 82.5 cm³/mol. The van der Waals surface area contributed by atoms with Crippen LogP contribution in [0.2, 0.25) is 0 Å². The molecular formula is C17H12FN3O. The zero-order chi connectivity index (χ0) is 15.1. The molecule has 2 aliphatic rings. The maximum atomic E-state index is 13.6. The van der Waals surface area contributed by atoms with E-state index in [1.807, 2.05) is 34.9 Å². The highest BCUT2D eigenvalue weighted by atomic mass is 19.1. The van der Waals surface area contributed by atoms with Gasteiger partial charge in [-0.25, -0.2) is 9.49 Å². The van der Waals surface area contributed by atoms with Crippen LogP contribution in [0.25, 0.3) is 22.2 Å². The highest BCUT2D eigenvalue weighted by molar-refractivity contribution is 5.93. The van der Waals surface area contributed by atoms with Crippen molar-refractivity contribution in [3.05, 3.63) is 76.5 Å². The molecule has 0 fully saturated rings. The molecule has 0 spiro atoms. The molecule has 0 saturated carbocycles. The van der Waals surface area contributed by atoms with Crippen molar-refractivity contribution in [2.75, 3.05) is 0 Å². The summed E-state index contributed by atoms with van der Waals surface area (Å²) in [6.07, 6.45) is 1.77. The first-order chi connectivity index (χ1) is 10.7. The summed E-state index contributed by atoms with van der Waals surface area (Å²) < 4.78 is 15.6. The second-order valence-electron chi connectivity index (χ2n) is 5.22. The number of benzene rings is 2. The van der Waals surface area contributed by atoms with Crippen molar-refractivity contribution in [2.45, 2.75) is 6.54 Å². The second-order valence-corrected chi connectivity index (χ2v) is 5.22. The number of hydrogen-bond acceptors (Lipinski definition) is 2. The number of rotatable bonds is 2. The van der Waals surface area contributed by atoms with E-state index in [0.29, 0.717) is 23.2 Å². The first-order valence-electron chi connectivity index (χ1n) is 6.93. The van der Waals surface area contributed by atoms with Gasteiger partial charge in [0.15, 0.2) is 0 Å². The Morgan fingerprint density at radius 2 is 1.95 bits per heavy atom. The number of aromatic amines is 1. The SMILES string of the molecule is O=c1[nH]nc2c3cc(F)ccc3n(Cc3ccccc3)cc1-2. The molecule has 0 radical (unpaired) electrons. The highest BCUT2D eigenvalue weighted by Gasteiger charge is 2.17. The average Bonchev–Trinajstić information content (AvgIpc) is 2.90. The number of fused-ring (bicyclic) bond motifs is 3. The Bertz CT molecular complexity index is 988. The van der Waals surface area contributed by atoms with E-state index in [4.69, 9.17) is 0 Å². The van der Waals surface area contributed by atoms with Crippen LogP contribution in [0, 0.1) is 5.82 Å². The zero-order valence-electron chi connectivity index (χ0n) is 11.6. The molecule has 2 heterocycles.